The summed E-state index contributed by atoms with van der Waals surface area (Å²) in [5, 5.41) is 5.98. The van der Waals surface area contributed by atoms with Crippen molar-refractivity contribution in [3.8, 4) is 5.75 Å². The number of hydrogen-bond donors (Lipinski definition) is 2. The number of benzene rings is 2. The van der Waals surface area contributed by atoms with Crippen molar-refractivity contribution in [2.75, 3.05) is 36.7 Å². The van der Waals surface area contributed by atoms with Gasteiger partial charge in [0.1, 0.15) is 11.4 Å². The molecule has 0 saturated carbocycles. The van der Waals surface area contributed by atoms with Crippen molar-refractivity contribution in [1.29, 1.82) is 0 Å². The first-order valence-electron chi connectivity index (χ1n) is 8.84. The Bertz CT molecular complexity index is 942. The number of carbonyl (C=O) groups excluding carboxylic acids is 1. The molecule has 0 aliphatic heterocycles. The summed E-state index contributed by atoms with van der Waals surface area (Å²) in [6.45, 7) is 0.487. The van der Waals surface area contributed by atoms with Crippen molar-refractivity contribution in [2.45, 2.75) is 6.54 Å². The number of aromatic nitrogens is 2. The van der Waals surface area contributed by atoms with Crippen LogP contribution in [0.15, 0.2) is 60.8 Å². The monoisotopic (exact) mass is 377 g/mol. The fourth-order valence-corrected chi connectivity index (χ4v) is 2.63. The number of ether oxygens (including phenoxy) is 1. The highest BCUT2D eigenvalue weighted by Crippen LogP contribution is 2.19. The van der Waals surface area contributed by atoms with E-state index in [1.807, 2.05) is 67.5 Å². The standard InChI is InChI=1S/C21H23N5O2/c1-26(2)17-10-8-16(9-11-17)24-20(27)18-12-13-22-21(25-18)23-14-15-6-4-5-7-19(15)28-3/h4-13H,14H2,1-3H3,(H,24,27)(H,22,23,25). The van der Waals surface area contributed by atoms with Crippen LogP contribution in [0.2, 0.25) is 0 Å². The number of rotatable bonds is 7. The molecule has 2 N–H and O–H groups in total. The minimum atomic E-state index is -0.291. The number of para-hydroxylation sites is 1. The second-order valence-electron chi connectivity index (χ2n) is 6.33. The maximum absolute atomic E-state index is 12.5. The van der Waals surface area contributed by atoms with Gasteiger partial charge in [-0.1, -0.05) is 18.2 Å². The second-order valence-corrected chi connectivity index (χ2v) is 6.33. The lowest BCUT2D eigenvalue weighted by atomic mass is 10.2. The normalized spacial score (nSPS) is 10.2. The molecule has 2 aromatic carbocycles. The number of nitrogens with zero attached hydrogens (tertiary/aromatic N) is 3. The minimum Gasteiger partial charge on any atom is -0.496 e. The average Bonchev–Trinajstić information content (AvgIpc) is 2.73. The van der Waals surface area contributed by atoms with Crippen LogP contribution in [0.3, 0.4) is 0 Å². The number of methoxy groups -OCH3 is 1. The Hall–Kier alpha value is -3.61. The Morgan fingerprint density at radius 2 is 1.82 bits per heavy atom. The van der Waals surface area contributed by atoms with Crippen molar-refractivity contribution in [1.82, 2.24) is 9.97 Å². The average molecular weight is 377 g/mol. The topological polar surface area (TPSA) is 79.4 Å². The zero-order valence-electron chi connectivity index (χ0n) is 16.1. The van der Waals surface area contributed by atoms with Crippen LogP contribution in [0.25, 0.3) is 0 Å². The van der Waals surface area contributed by atoms with Crippen molar-refractivity contribution in [3.05, 3.63) is 72.1 Å². The van der Waals surface area contributed by atoms with Gasteiger partial charge in [-0.3, -0.25) is 4.79 Å². The number of nitrogens with one attached hydrogen (secondary N) is 2. The minimum absolute atomic E-state index is 0.286. The van der Waals surface area contributed by atoms with Crippen LogP contribution in [0.5, 0.6) is 5.75 Å². The molecule has 7 heteroatoms. The van der Waals surface area contributed by atoms with Gasteiger partial charge in [-0.2, -0.15) is 0 Å². The van der Waals surface area contributed by atoms with Gasteiger partial charge in [-0.05, 0) is 36.4 Å². The molecule has 3 aromatic rings. The summed E-state index contributed by atoms with van der Waals surface area (Å²) >= 11 is 0. The van der Waals surface area contributed by atoms with E-state index in [1.165, 1.54) is 0 Å². The molecule has 0 bridgehead atoms. The maximum atomic E-state index is 12.5. The second kappa shape index (κ2) is 8.85. The molecule has 0 aliphatic rings. The first-order chi connectivity index (χ1) is 13.6. The largest absolute Gasteiger partial charge is 0.496 e. The summed E-state index contributed by atoms with van der Waals surface area (Å²) in [7, 11) is 5.56. The lowest BCUT2D eigenvalue weighted by Gasteiger charge is -2.13. The third-order valence-electron chi connectivity index (χ3n) is 4.16. The highest BCUT2D eigenvalue weighted by Gasteiger charge is 2.10. The third kappa shape index (κ3) is 4.76. The van der Waals surface area contributed by atoms with Gasteiger partial charge in [0.05, 0.1) is 7.11 Å². The predicted molar refractivity (Wildman–Crippen MR) is 111 cm³/mol. The van der Waals surface area contributed by atoms with Gasteiger partial charge >= 0.3 is 0 Å². The van der Waals surface area contributed by atoms with Crippen LogP contribution >= 0.6 is 0 Å². The van der Waals surface area contributed by atoms with E-state index in [1.54, 1.807) is 19.4 Å². The van der Waals surface area contributed by atoms with E-state index in [0.717, 1.165) is 17.0 Å². The summed E-state index contributed by atoms with van der Waals surface area (Å²) in [6, 6.07) is 16.9. The number of amides is 1. The quantitative estimate of drug-likeness (QED) is 0.657. The highest BCUT2D eigenvalue weighted by molar-refractivity contribution is 6.03. The Kier molecular flexibility index (Phi) is 6.06. The van der Waals surface area contributed by atoms with Gasteiger partial charge in [-0.15, -0.1) is 0 Å². The zero-order chi connectivity index (χ0) is 19.9. The lowest BCUT2D eigenvalue weighted by Crippen LogP contribution is -2.15. The number of carbonyl (C=O) groups is 1. The fourth-order valence-electron chi connectivity index (χ4n) is 2.63. The van der Waals surface area contributed by atoms with Crippen LogP contribution in [0, 0.1) is 0 Å². The van der Waals surface area contributed by atoms with Crippen LogP contribution in [0.4, 0.5) is 17.3 Å². The Morgan fingerprint density at radius 1 is 1.07 bits per heavy atom. The molecule has 0 radical (unpaired) electrons. The molecule has 0 spiro atoms. The Labute approximate surface area is 164 Å². The summed E-state index contributed by atoms with van der Waals surface area (Å²) in [5.41, 5.74) is 3.03. The highest BCUT2D eigenvalue weighted by atomic mass is 16.5. The number of anilines is 3. The van der Waals surface area contributed by atoms with Gasteiger partial charge in [0.15, 0.2) is 0 Å². The molecule has 0 saturated heterocycles. The van der Waals surface area contributed by atoms with Crippen molar-refractivity contribution < 1.29 is 9.53 Å². The first-order valence-corrected chi connectivity index (χ1v) is 8.84. The molecule has 3 rings (SSSR count). The predicted octanol–water partition coefficient (Wildman–Crippen LogP) is 3.42. The molecule has 28 heavy (non-hydrogen) atoms. The molecular formula is C21H23N5O2. The van der Waals surface area contributed by atoms with Gasteiger partial charge in [0, 0.05) is 43.8 Å². The number of hydrogen-bond acceptors (Lipinski definition) is 6. The summed E-state index contributed by atoms with van der Waals surface area (Å²) < 4.78 is 5.34. The zero-order valence-corrected chi connectivity index (χ0v) is 16.1. The smallest absolute Gasteiger partial charge is 0.274 e. The molecule has 0 unspecified atom stereocenters. The van der Waals surface area contributed by atoms with Crippen LogP contribution in [0.1, 0.15) is 16.1 Å². The van der Waals surface area contributed by atoms with Crippen molar-refractivity contribution in [3.63, 3.8) is 0 Å². The van der Waals surface area contributed by atoms with Gasteiger partial charge in [0.25, 0.3) is 5.91 Å². The summed E-state index contributed by atoms with van der Waals surface area (Å²) in [5.74, 6) is 0.868. The van der Waals surface area contributed by atoms with Gasteiger partial charge in [-0.25, -0.2) is 9.97 Å². The van der Waals surface area contributed by atoms with Crippen LogP contribution in [-0.4, -0.2) is 37.1 Å². The Balaban J connectivity index is 1.66. The molecular weight excluding hydrogens is 354 g/mol. The first kappa shape index (κ1) is 19.2. The Morgan fingerprint density at radius 3 is 2.54 bits per heavy atom. The van der Waals surface area contributed by atoms with Crippen LogP contribution in [-0.2, 0) is 6.54 Å². The van der Waals surface area contributed by atoms with Crippen LogP contribution < -0.4 is 20.3 Å². The van der Waals surface area contributed by atoms with E-state index in [4.69, 9.17) is 4.74 Å². The SMILES string of the molecule is COc1ccccc1CNc1nccc(C(=O)Nc2ccc(N(C)C)cc2)n1. The van der Waals surface area contributed by atoms with Crippen molar-refractivity contribution >= 4 is 23.2 Å². The van der Waals surface area contributed by atoms with E-state index in [2.05, 4.69) is 20.6 Å². The molecule has 144 valence electrons. The van der Waals surface area contributed by atoms with E-state index in [-0.39, 0.29) is 11.6 Å². The van der Waals surface area contributed by atoms with E-state index < -0.39 is 0 Å². The maximum Gasteiger partial charge on any atom is 0.274 e. The molecule has 7 nitrogen and oxygen atoms in total. The molecule has 1 aromatic heterocycles. The molecule has 0 aliphatic carbocycles. The van der Waals surface area contributed by atoms with E-state index in [0.29, 0.717) is 18.2 Å². The molecule has 1 amide bonds. The summed E-state index contributed by atoms with van der Waals surface area (Å²) in [4.78, 5) is 23.0. The van der Waals surface area contributed by atoms with Crippen molar-refractivity contribution in [2.24, 2.45) is 0 Å². The van der Waals surface area contributed by atoms with Gasteiger partial charge < -0.3 is 20.3 Å². The molecule has 1 heterocycles. The fraction of sp³-hybridized carbons (Fsp3) is 0.190. The van der Waals surface area contributed by atoms with Gasteiger partial charge in [0.2, 0.25) is 5.95 Å². The molecule has 0 fully saturated rings. The molecule has 0 atom stereocenters. The third-order valence-corrected chi connectivity index (χ3v) is 4.16. The summed E-state index contributed by atoms with van der Waals surface area (Å²) in [6.07, 6.45) is 1.56. The van der Waals surface area contributed by atoms with E-state index >= 15 is 0 Å². The lowest BCUT2D eigenvalue weighted by molar-refractivity contribution is 0.102. The van der Waals surface area contributed by atoms with E-state index in [9.17, 15) is 4.79 Å².